The molecule has 0 aliphatic carbocycles. The van der Waals surface area contributed by atoms with Crippen LogP contribution in [-0.4, -0.2) is 15.7 Å². The molecule has 94 valence electrons. The zero-order valence-electron chi connectivity index (χ0n) is 10.1. The normalized spacial score (nSPS) is 11.0. The van der Waals surface area contributed by atoms with Crippen molar-refractivity contribution in [3.8, 4) is 0 Å². The fourth-order valence-corrected chi connectivity index (χ4v) is 2.22. The van der Waals surface area contributed by atoms with Gasteiger partial charge in [0.05, 0.1) is 4.92 Å². The smallest absolute Gasteiger partial charge is 0.270 e. The summed E-state index contributed by atoms with van der Waals surface area (Å²) in [7, 11) is 0. The van der Waals surface area contributed by atoms with Crippen LogP contribution in [-0.2, 0) is 0 Å². The number of ketones is 1. The molecule has 0 spiro atoms. The molecule has 0 aliphatic rings. The third-order valence-corrected chi connectivity index (χ3v) is 3.20. The molecule has 0 saturated carbocycles. The Labute approximate surface area is 108 Å². The molecular weight excluding hydrogens is 244 g/mol. The molecule has 0 fully saturated rings. The van der Waals surface area contributed by atoms with E-state index < -0.39 is 4.92 Å². The average Bonchev–Trinajstić information content (AvgIpc) is 2.75. The van der Waals surface area contributed by atoms with Gasteiger partial charge in [0.2, 0.25) is 0 Å². The van der Waals surface area contributed by atoms with Crippen molar-refractivity contribution in [1.29, 1.82) is 0 Å². The summed E-state index contributed by atoms with van der Waals surface area (Å²) in [5, 5.41) is 12.4. The van der Waals surface area contributed by atoms with Gasteiger partial charge in [0.25, 0.3) is 5.69 Å². The number of hydrogen-bond acceptors (Lipinski definition) is 3. The minimum atomic E-state index is -0.424. The van der Waals surface area contributed by atoms with Crippen LogP contribution in [0.4, 0.5) is 5.69 Å². The molecule has 0 bridgehead atoms. The second-order valence-electron chi connectivity index (χ2n) is 4.43. The zero-order valence-corrected chi connectivity index (χ0v) is 10.1. The number of nitro benzene ring substituents is 1. The van der Waals surface area contributed by atoms with Crippen molar-refractivity contribution in [3.63, 3.8) is 0 Å². The Morgan fingerprint density at radius 3 is 2.37 bits per heavy atom. The molecule has 1 heterocycles. The topological polar surface area (TPSA) is 76.0 Å². The summed E-state index contributed by atoms with van der Waals surface area (Å²) in [6, 6.07) is 10.00. The number of Topliss-reactive ketones (excluding diaryl/α,β-unsaturated/α-hetero) is 1. The zero-order chi connectivity index (χ0) is 13.6. The van der Waals surface area contributed by atoms with Crippen LogP contribution in [0, 0.1) is 10.1 Å². The third-order valence-electron chi connectivity index (χ3n) is 3.20. The van der Waals surface area contributed by atoms with Crippen LogP contribution in [0.3, 0.4) is 0 Å². The molecule has 5 nitrogen and oxygen atoms in total. The molecule has 3 rings (SSSR count). The van der Waals surface area contributed by atoms with Gasteiger partial charge in [-0.2, -0.15) is 0 Å². The van der Waals surface area contributed by atoms with Crippen molar-refractivity contribution in [2.75, 3.05) is 0 Å². The fraction of sp³-hybridized carbons (Fsp3) is 0.0714. The highest BCUT2D eigenvalue weighted by Crippen LogP contribution is 2.29. The van der Waals surface area contributed by atoms with Crippen LogP contribution in [0.1, 0.15) is 17.3 Å². The fourth-order valence-electron chi connectivity index (χ4n) is 2.22. The predicted molar refractivity (Wildman–Crippen MR) is 72.5 cm³/mol. The molecule has 0 radical (unpaired) electrons. The van der Waals surface area contributed by atoms with E-state index in [9.17, 15) is 14.9 Å². The van der Waals surface area contributed by atoms with Crippen LogP contribution < -0.4 is 0 Å². The number of non-ortho nitro benzene ring substituents is 1. The number of carbonyl (C=O) groups is 1. The van der Waals surface area contributed by atoms with Gasteiger partial charge < -0.3 is 4.98 Å². The Hall–Kier alpha value is -2.69. The molecule has 0 saturated heterocycles. The van der Waals surface area contributed by atoms with Crippen LogP contribution in [0.5, 0.6) is 0 Å². The van der Waals surface area contributed by atoms with Gasteiger partial charge in [0, 0.05) is 39.5 Å². The Bertz CT molecular complexity index is 765. The van der Waals surface area contributed by atoms with Gasteiger partial charge in [0.1, 0.15) is 0 Å². The van der Waals surface area contributed by atoms with E-state index in [2.05, 4.69) is 4.98 Å². The summed E-state index contributed by atoms with van der Waals surface area (Å²) in [5.74, 6) is -0.0262. The van der Waals surface area contributed by atoms with Crippen molar-refractivity contribution < 1.29 is 9.72 Å². The van der Waals surface area contributed by atoms with E-state index in [1.54, 1.807) is 18.2 Å². The van der Waals surface area contributed by atoms with Crippen LogP contribution in [0.25, 0.3) is 21.8 Å². The molecule has 0 amide bonds. The number of carbonyl (C=O) groups excluding carboxylic acids is 1. The molecule has 1 aromatic heterocycles. The number of rotatable bonds is 2. The number of nitrogens with one attached hydrogen (secondary N) is 1. The van der Waals surface area contributed by atoms with Crippen LogP contribution >= 0.6 is 0 Å². The van der Waals surface area contributed by atoms with E-state index in [1.165, 1.54) is 19.1 Å². The summed E-state index contributed by atoms with van der Waals surface area (Å²) < 4.78 is 0. The predicted octanol–water partition coefficient (Wildman–Crippen LogP) is 3.43. The number of benzene rings is 2. The average molecular weight is 254 g/mol. The van der Waals surface area contributed by atoms with E-state index in [0.29, 0.717) is 5.56 Å². The Morgan fingerprint density at radius 2 is 1.74 bits per heavy atom. The van der Waals surface area contributed by atoms with Gasteiger partial charge >= 0.3 is 0 Å². The first-order chi connectivity index (χ1) is 9.06. The molecule has 1 N–H and O–H groups in total. The van der Waals surface area contributed by atoms with Crippen LogP contribution in [0.2, 0.25) is 0 Å². The molecule has 19 heavy (non-hydrogen) atoms. The Morgan fingerprint density at radius 1 is 1.11 bits per heavy atom. The minimum absolute atomic E-state index is 0.0262. The van der Waals surface area contributed by atoms with Crippen molar-refractivity contribution in [2.45, 2.75) is 6.92 Å². The number of aromatic amines is 1. The highest BCUT2D eigenvalue weighted by atomic mass is 16.6. The number of nitrogens with zero attached hydrogens (tertiary/aromatic N) is 1. The van der Waals surface area contributed by atoms with Gasteiger partial charge in [-0.15, -0.1) is 0 Å². The van der Waals surface area contributed by atoms with E-state index >= 15 is 0 Å². The molecule has 0 aliphatic heterocycles. The lowest BCUT2D eigenvalue weighted by atomic mass is 10.1. The van der Waals surface area contributed by atoms with Crippen molar-refractivity contribution in [3.05, 3.63) is 52.1 Å². The highest BCUT2D eigenvalue weighted by Gasteiger charge is 2.11. The van der Waals surface area contributed by atoms with Crippen molar-refractivity contribution >= 4 is 33.3 Å². The van der Waals surface area contributed by atoms with E-state index in [0.717, 1.165) is 21.8 Å². The maximum Gasteiger partial charge on any atom is 0.270 e. The van der Waals surface area contributed by atoms with Crippen molar-refractivity contribution in [2.24, 2.45) is 0 Å². The van der Waals surface area contributed by atoms with Gasteiger partial charge in [-0.1, -0.05) is 0 Å². The Kier molecular flexibility index (Phi) is 2.35. The lowest BCUT2D eigenvalue weighted by Gasteiger charge is -1.96. The minimum Gasteiger partial charge on any atom is -0.355 e. The quantitative estimate of drug-likeness (QED) is 0.432. The van der Waals surface area contributed by atoms with Gasteiger partial charge in [0.15, 0.2) is 5.78 Å². The van der Waals surface area contributed by atoms with E-state index in [4.69, 9.17) is 0 Å². The standard InChI is InChI=1S/C14H10N2O3/c1-8(17)9-2-4-13-11(6-9)12-7-10(16(18)19)3-5-14(12)15-13/h2-7,15H,1H3. The molecule has 0 atom stereocenters. The third kappa shape index (κ3) is 1.76. The summed E-state index contributed by atoms with van der Waals surface area (Å²) in [4.78, 5) is 25.0. The number of fused-ring (bicyclic) bond motifs is 3. The maximum atomic E-state index is 11.4. The molecular formula is C14H10N2O3. The molecule has 3 aromatic rings. The summed E-state index contributed by atoms with van der Waals surface area (Å²) >= 11 is 0. The number of H-pyrrole nitrogens is 1. The summed E-state index contributed by atoms with van der Waals surface area (Å²) in [6.45, 7) is 1.50. The molecule has 5 heteroatoms. The van der Waals surface area contributed by atoms with Crippen molar-refractivity contribution in [1.82, 2.24) is 4.98 Å². The molecule has 2 aromatic carbocycles. The van der Waals surface area contributed by atoms with Gasteiger partial charge in [-0.3, -0.25) is 14.9 Å². The Balaban J connectivity index is 2.37. The lowest BCUT2D eigenvalue weighted by Crippen LogP contribution is -1.90. The first kappa shape index (κ1) is 11.4. The van der Waals surface area contributed by atoms with Gasteiger partial charge in [-0.25, -0.2) is 0 Å². The molecule has 0 unspecified atom stereocenters. The first-order valence-electron chi connectivity index (χ1n) is 5.77. The lowest BCUT2D eigenvalue weighted by molar-refractivity contribution is -0.384. The monoisotopic (exact) mass is 254 g/mol. The first-order valence-corrected chi connectivity index (χ1v) is 5.77. The SMILES string of the molecule is CC(=O)c1ccc2[nH]c3ccc([N+](=O)[O-])cc3c2c1. The van der Waals surface area contributed by atoms with Crippen LogP contribution in [0.15, 0.2) is 36.4 Å². The summed E-state index contributed by atoms with van der Waals surface area (Å²) in [5.41, 5.74) is 2.32. The number of hydrogen-bond donors (Lipinski definition) is 1. The summed E-state index contributed by atoms with van der Waals surface area (Å²) in [6.07, 6.45) is 0. The second kappa shape index (κ2) is 3.91. The maximum absolute atomic E-state index is 11.4. The highest BCUT2D eigenvalue weighted by molar-refractivity contribution is 6.10. The number of aromatic nitrogens is 1. The largest absolute Gasteiger partial charge is 0.355 e. The second-order valence-corrected chi connectivity index (χ2v) is 4.43. The van der Waals surface area contributed by atoms with E-state index in [-0.39, 0.29) is 11.5 Å². The van der Waals surface area contributed by atoms with E-state index in [1.807, 2.05) is 6.07 Å². The number of nitro groups is 1. The van der Waals surface area contributed by atoms with Gasteiger partial charge in [-0.05, 0) is 31.2 Å².